The molecule has 0 amide bonds. The van der Waals surface area contributed by atoms with Gasteiger partial charge in [-0.15, -0.1) is 0 Å². The van der Waals surface area contributed by atoms with Gasteiger partial charge in [0.2, 0.25) is 0 Å². The Morgan fingerprint density at radius 1 is 0.400 bits per heavy atom. The summed E-state index contributed by atoms with van der Waals surface area (Å²) in [6.07, 6.45) is 0. The summed E-state index contributed by atoms with van der Waals surface area (Å²) in [6.45, 7) is 0. The van der Waals surface area contributed by atoms with Crippen molar-refractivity contribution in [2.24, 2.45) is 0 Å². The molecule has 9 aromatic rings. The molecule has 1 aromatic heterocycles. The van der Waals surface area contributed by atoms with Crippen LogP contribution in [0.4, 0.5) is 21.5 Å². The van der Waals surface area contributed by atoms with Gasteiger partial charge in [0.15, 0.2) is 0 Å². The summed E-state index contributed by atoms with van der Waals surface area (Å²) in [5.41, 5.74) is 6.75. The van der Waals surface area contributed by atoms with Gasteiger partial charge in [0.25, 0.3) is 0 Å². The zero-order valence-corrected chi connectivity index (χ0v) is 24.2. The van der Waals surface area contributed by atoms with Crippen LogP contribution in [0.1, 0.15) is 0 Å². The lowest BCUT2D eigenvalue weighted by atomic mass is 9.94. The fraction of sp³-hybridized carbons (Fsp3) is 0. The van der Waals surface area contributed by atoms with Crippen molar-refractivity contribution < 1.29 is 8.81 Å². The molecule has 212 valence electrons. The number of halogens is 1. The molecule has 0 unspecified atom stereocenters. The molecule has 0 N–H and O–H groups in total. The third-order valence-corrected chi connectivity index (χ3v) is 8.91. The molecule has 0 saturated heterocycles. The van der Waals surface area contributed by atoms with E-state index in [1.165, 1.54) is 44.5 Å². The van der Waals surface area contributed by atoms with Crippen LogP contribution in [0.3, 0.4) is 0 Å². The monoisotopic (exact) mass is 579 g/mol. The number of hydrogen-bond acceptors (Lipinski definition) is 2. The first-order chi connectivity index (χ1) is 22.2. The predicted octanol–water partition coefficient (Wildman–Crippen LogP) is 12.3. The van der Waals surface area contributed by atoms with Crippen molar-refractivity contribution >= 4 is 71.3 Å². The summed E-state index contributed by atoms with van der Waals surface area (Å²) >= 11 is 0. The molecular weight excluding hydrogens is 553 g/mol. The average molecular weight is 580 g/mol. The zero-order valence-electron chi connectivity index (χ0n) is 24.2. The Kier molecular flexibility index (Phi) is 5.72. The Bertz CT molecular complexity index is 2510. The summed E-state index contributed by atoms with van der Waals surface area (Å²) in [5.74, 6) is -0.260. The lowest BCUT2D eigenvalue weighted by molar-refractivity contribution is 0.628. The van der Waals surface area contributed by atoms with Crippen molar-refractivity contribution in [3.63, 3.8) is 0 Å². The van der Waals surface area contributed by atoms with Crippen molar-refractivity contribution in [3.05, 3.63) is 164 Å². The highest BCUT2D eigenvalue weighted by Crippen LogP contribution is 2.42. The SMILES string of the molecule is Fc1ccc(N(c2ccc(-c3cccc4c3oc3ccccc34)cc2)c2ccc3c4ccccc4c4ccccc4c3c2)cc1. The molecule has 1 heterocycles. The topological polar surface area (TPSA) is 16.4 Å². The molecule has 0 aliphatic heterocycles. The van der Waals surface area contributed by atoms with E-state index in [0.29, 0.717) is 0 Å². The number of furan rings is 1. The third kappa shape index (κ3) is 4.09. The van der Waals surface area contributed by atoms with E-state index in [9.17, 15) is 4.39 Å². The molecular formula is C42H26FNO. The van der Waals surface area contributed by atoms with Crippen LogP contribution in [0.5, 0.6) is 0 Å². The first-order valence-corrected chi connectivity index (χ1v) is 15.1. The van der Waals surface area contributed by atoms with Crippen LogP contribution in [-0.2, 0) is 0 Å². The van der Waals surface area contributed by atoms with Gasteiger partial charge in [0, 0.05) is 33.4 Å². The van der Waals surface area contributed by atoms with Crippen molar-refractivity contribution in [3.8, 4) is 11.1 Å². The highest BCUT2D eigenvalue weighted by Gasteiger charge is 2.17. The Hall–Kier alpha value is -5.93. The van der Waals surface area contributed by atoms with E-state index in [1.807, 2.05) is 30.3 Å². The molecule has 8 aromatic carbocycles. The molecule has 0 aliphatic carbocycles. The standard InChI is InChI=1S/C42H26FNO/c43-28-18-22-30(23-19-28)44(31-24-25-37-35-10-2-1-8-33(35)34-9-3-4-11-36(34)40(37)26-31)29-20-16-27(17-21-29)32-13-7-14-39-38-12-5-6-15-41(38)45-42(32)39/h1-26H. The number of hydrogen-bond donors (Lipinski definition) is 0. The zero-order chi connectivity index (χ0) is 29.9. The quantitative estimate of drug-likeness (QED) is 0.193. The molecule has 2 nitrogen and oxygen atoms in total. The van der Waals surface area contributed by atoms with Gasteiger partial charge in [-0.05, 0) is 92.5 Å². The lowest BCUT2D eigenvalue weighted by Crippen LogP contribution is -2.10. The van der Waals surface area contributed by atoms with Gasteiger partial charge < -0.3 is 9.32 Å². The van der Waals surface area contributed by atoms with Gasteiger partial charge in [0.1, 0.15) is 17.0 Å². The van der Waals surface area contributed by atoms with Crippen LogP contribution >= 0.6 is 0 Å². The van der Waals surface area contributed by atoms with Gasteiger partial charge in [0.05, 0.1) is 0 Å². The van der Waals surface area contributed by atoms with Crippen LogP contribution in [-0.4, -0.2) is 0 Å². The molecule has 0 bridgehead atoms. The first kappa shape index (κ1) is 25.6. The molecule has 3 heteroatoms. The number of anilines is 3. The minimum absolute atomic E-state index is 0.260. The third-order valence-electron chi connectivity index (χ3n) is 8.91. The molecule has 9 rings (SSSR count). The Balaban J connectivity index is 1.22. The molecule has 0 fully saturated rings. The van der Waals surface area contributed by atoms with E-state index in [2.05, 4.69) is 120 Å². The molecule has 0 atom stereocenters. The van der Waals surface area contributed by atoms with Gasteiger partial charge >= 0.3 is 0 Å². The lowest BCUT2D eigenvalue weighted by Gasteiger charge is -2.26. The van der Waals surface area contributed by atoms with E-state index < -0.39 is 0 Å². The number of nitrogens with zero attached hydrogens (tertiary/aromatic N) is 1. The highest BCUT2D eigenvalue weighted by atomic mass is 19.1. The van der Waals surface area contributed by atoms with Crippen LogP contribution in [0.15, 0.2) is 162 Å². The fourth-order valence-corrected chi connectivity index (χ4v) is 6.84. The minimum Gasteiger partial charge on any atom is -0.455 e. The molecule has 0 radical (unpaired) electrons. The summed E-state index contributed by atoms with van der Waals surface area (Å²) in [6, 6.07) is 53.5. The van der Waals surface area contributed by atoms with Crippen molar-refractivity contribution in [1.29, 1.82) is 0 Å². The molecule has 0 spiro atoms. The summed E-state index contributed by atoms with van der Waals surface area (Å²) in [5, 5.41) is 9.54. The maximum absolute atomic E-state index is 14.1. The van der Waals surface area contributed by atoms with E-state index in [0.717, 1.165) is 50.1 Å². The van der Waals surface area contributed by atoms with E-state index in [4.69, 9.17) is 4.42 Å². The second kappa shape index (κ2) is 10.1. The minimum atomic E-state index is -0.260. The number of fused-ring (bicyclic) bond motifs is 9. The fourth-order valence-electron chi connectivity index (χ4n) is 6.84. The second-order valence-electron chi connectivity index (χ2n) is 11.5. The Morgan fingerprint density at radius 2 is 0.911 bits per heavy atom. The Labute approximate surface area is 259 Å². The molecule has 0 saturated carbocycles. The van der Waals surface area contributed by atoms with Crippen LogP contribution in [0, 0.1) is 5.82 Å². The van der Waals surface area contributed by atoms with E-state index in [-0.39, 0.29) is 5.82 Å². The predicted molar refractivity (Wildman–Crippen MR) is 186 cm³/mol. The molecule has 0 aliphatic rings. The first-order valence-electron chi connectivity index (χ1n) is 15.1. The smallest absolute Gasteiger partial charge is 0.143 e. The van der Waals surface area contributed by atoms with Crippen molar-refractivity contribution in [2.75, 3.05) is 4.90 Å². The van der Waals surface area contributed by atoms with Gasteiger partial charge in [-0.3, -0.25) is 0 Å². The number of rotatable bonds is 4. The van der Waals surface area contributed by atoms with Gasteiger partial charge in [-0.1, -0.05) is 103 Å². The Morgan fingerprint density at radius 3 is 1.58 bits per heavy atom. The summed E-state index contributed by atoms with van der Waals surface area (Å²) in [4.78, 5) is 2.19. The highest BCUT2D eigenvalue weighted by molar-refractivity contribution is 6.25. The van der Waals surface area contributed by atoms with Crippen molar-refractivity contribution in [2.45, 2.75) is 0 Å². The molecule has 45 heavy (non-hydrogen) atoms. The number of para-hydroxylation sites is 2. The van der Waals surface area contributed by atoms with Crippen LogP contribution in [0.2, 0.25) is 0 Å². The average Bonchev–Trinajstić information content (AvgIpc) is 3.49. The van der Waals surface area contributed by atoms with Gasteiger partial charge in [-0.25, -0.2) is 4.39 Å². The van der Waals surface area contributed by atoms with Gasteiger partial charge in [-0.2, -0.15) is 0 Å². The number of benzene rings is 8. The summed E-state index contributed by atoms with van der Waals surface area (Å²) < 4.78 is 20.4. The second-order valence-corrected chi connectivity index (χ2v) is 11.5. The maximum atomic E-state index is 14.1. The largest absolute Gasteiger partial charge is 0.455 e. The van der Waals surface area contributed by atoms with E-state index in [1.54, 1.807) is 0 Å². The van der Waals surface area contributed by atoms with Crippen LogP contribution < -0.4 is 4.90 Å². The summed E-state index contributed by atoms with van der Waals surface area (Å²) in [7, 11) is 0. The maximum Gasteiger partial charge on any atom is 0.143 e. The van der Waals surface area contributed by atoms with Crippen LogP contribution in [0.25, 0.3) is 65.4 Å². The van der Waals surface area contributed by atoms with Crippen molar-refractivity contribution in [1.82, 2.24) is 0 Å². The van der Waals surface area contributed by atoms with E-state index >= 15 is 0 Å². The normalized spacial score (nSPS) is 11.7.